The maximum Gasteiger partial charge on any atom is 0.231 e. The van der Waals surface area contributed by atoms with E-state index in [1.807, 2.05) is 24.5 Å². The number of likely N-dealkylation sites (tertiary alicyclic amines) is 1. The molecule has 23 heavy (non-hydrogen) atoms. The summed E-state index contributed by atoms with van der Waals surface area (Å²) in [6, 6.07) is 10.5. The van der Waals surface area contributed by atoms with Crippen molar-refractivity contribution in [2.24, 2.45) is 5.92 Å². The Balaban J connectivity index is 1.27. The summed E-state index contributed by atoms with van der Waals surface area (Å²) in [5.41, 5.74) is 2.69. The van der Waals surface area contributed by atoms with Gasteiger partial charge in [-0.25, -0.2) is 0 Å². The molecule has 1 aromatic heterocycles. The minimum absolute atomic E-state index is 0.345. The summed E-state index contributed by atoms with van der Waals surface area (Å²) in [7, 11) is 0. The van der Waals surface area contributed by atoms with Crippen LogP contribution in [0.25, 0.3) is 0 Å². The quantitative estimate of drug-likeness (QED) is 0.850. The SMILES string of the molecule is CC(Cc1ccc2c(c1)OCO2)CN1CC(c2cccnc2)C1. The van der Waals surface area contributed by atoms with E-state index in [1.54, 1.807) is 0 Å². The van der Waals surface area contributed by atoms with E-state index in [4.69, 9.17) is 9.47 Å². The van der Waals surface area contributed by atoms with E-state index in [-0.39, 0.29) is 0 Å². The zero-order chi connectivity index (χ0) is 15.6. The summed E-state index contributed by atoms with van der Waals surface area (Å²) in [6.45, 7) is 6.11. The third-order valence-corrected chi connectivity index (χ3v) is 4.70. The van der Waals surface area contributed by atoms with Gasteiger partial charge in [0.05, 0.1) is 0 Å². The second kappa shape index (κ2) is 6.20. The van der Waals surface area contributed by atoms with Gasteiger partial charge < -0.3 is 14.4 Å². The van der Waals surface area contributed by atoms with Gasteiger partial charge in [-0.3, -0.25) is 4.98 Å². The topological polar surface area (TPSA) is 34.6 Å². The highest BCUT2D eigenvalue weighted by molar-refractivity contribution is 5.44. The number of aromatic nitrogens is 1. The monoisotopic (exact) mass is 310 g/mol. The van der Waals surface area contributed by atoms with Gasteiger partial charge in [0, 0.05) is 37.9 Å². The Morgan fingerprint density at radius 2 is 2.09 bits per heavy atom. The number of fused-ring (bicyclic) bond motifs is 1. The van der Waals surface area contributed by atoms with E-state index in [0.717, 1.165) is 37.6 Å². The molecular weight excluding hydrogens is 288 g/mol. The van der Waals surface area contributed by atoms with Crippen LogP contribution in [0.15, 0.2) is 42.7 Å². The molecule has 1 saturated heterocycles. The molecule has 1 atom stereocenters. The molecule has 0 amide bonds. The van der Waals surface area contributed by atoms with Crippen LogP contribution in [0.3, 0.4) is 0 Å². The number of rotatable bonds is 5. The van der Waals surface area contributed by atoms with Crippen molar-refractivity contribution in [3.8, 4) is 11.5 Å². The van der Waals surface area contributed by atoms with Crippen molar-refractivity contribution >= 4 is 0 Å². The highest BCUT2D eigenvalue weighted by atomic mass is 16.7. The summed E-state index contributed by atoms with van der Waals surface area (Å²) in [4.78, 5) is 6.75. The number of hydrogen-bond donors (Lipinski definition) is 0. The van der Waals surface area contributed by atoms with E-state index in [0.29, 0.717) is 18.6 Å². The Kier molecular flexibility index (Phi) is 3.92. The largest absolute Gasteiger partial charge is 0.454 e. The third-order valence-electron chi connectivity index (χ3n) is 4.70. The van der Waals surface area contributed by atoms with E-state index >= 15 is 0 Å². The first kappa shape index (κ1) is 14.5. The van der Waals surface area contributed by atoms with Crippen molar-refractivity contribution in [3.05, 3.63) is 53.9 Å². The molecule has 0 spiro atoms. The molecule has 4 heteroatoms. The zero-order valence-electron chi connectivity index (χ0n) is 13.4. The average Bonchev–Trinajstić information content (AvgIpc) is 2.99. The molecule has 0 bridgehead atoms. The van der Waals surface area contributed by atoms with Crippen LogP contribution >= 0.6 is 0 Å². The lowest BCUT2D eigenvalue weighted by atomic mass is 9.91. The first-order valence-corrected chi connectivity index (χ1v) is 8.29. The van der Waals surface area contributed by atoms with Gasteiger partial charge >= 0.3 is 0 Å². The molecule has 2 aliphatic heterocycles. The Bertz CT molecular complexity index is 668. The lowest BCUT2D eigenvalue weighted by molar-refractivity contribution is 0.127. The van der Waals surface area contributed by atoms with Gasteiger partial charge in [-0.05, 0) is 41.7 Å². The molecule has 120 valence electrons. The van der Waals surface area contributed by atoms with Gasteiger partial charge in [0.25, 0.3) is 0 Å². The van der Waals surface area contributed by atoms with Crippen LogP contribution < -0.4 is 9.47 Å². The van der Waals surface area contributed by atoms with E-state index in [2.05, 4.69) is 35.0 Å². The summed E-state index contributed by atoms with van der Waals surface area (Å²) in [6.07, 6.45) is 4.91. The molecule has 3 heterocycles. The maximum atomic E-state index is 5.46. The summed E-state index contributed by atoms with van der Waals surface area (Å²) < 4.78 is 10.8. The minimum Gasteiger partial charge on any atom is -0.454 e. The first-order chi connectivity index (χ1) is 11.3. The standard InChI is InChI=1S/C19H22N2O2/c1-14(7-15-4-5-18-19(8-15)23-13-22-18)10-21-11-17(12-21)16-3-2-6-20-9-16/h2-6,8-9,14,17H,7,10-13H2,1H3. The molecule has 4 nitrogen and oxygen atoms in total. The van der Waals surface area contributed by atoms with Crippen molar-refractivity contribution in [2.45, 2.75) is 19.3 Å². The Morgan fingerprint density at radius 1 is 1.22 bits per heavy atom. The van der Waals surface area contributed by atoms with Gasteiger partial charge in [0.15, 0.2) is 11.5 Å². The van der Waals surface area contributed by atoms with Crippen molar-refractivity contribution < 1.29 is 9.47 Å². The normalized spacial score (nSPS) is 18.7. The van der Waals surface area contributed by atoms with Crippen molar-refractivity contribution in [3.63, 3.8) is 0 Å². The molecule has 1 fully saturated rings. The summed E-state index contributed by atoms with van der Waals surface area (Å²) in [5.74, 6) is 3.03. The predicted molar refractivity (Wildman–Crippen MR) is 88.9 cm³/mol. The zero-order valence-corrected chi connectivity index (χ0v) is 13.4. The summed E-state index contributed by atoms with van der Waals surface area (Å²) in [5, 5.41) is 0. The Labute approximate surface area is 137 Å². The summed E-state index contributed by atoms with van der Waals surface area (Å²) >= 11 is 0. The highest BCUT2D eigenvalue weighted by Crippen LogP contribution is 2.33. The van der Waals surface area contributed by atoms with E-state index in [9.17, 15) is 0 Å². The fourth-order valence-electron chi connectivity index (χ4n) is 3.52. The van der Waals surface area contributed by atoms with Gasteiger partial charge in [-0.1, -0.05) is 19.1 Å². The number of pyridine rings is 1. The van der Waals surface area contributed by atoms with Crippen molar-refractivity contribution in [2.75, 3.05) is 26.4 Å². The van der Waals surface area contributed by atoms with Crippen molar-refractivity contribution in [1.82, 2.24) is 9.88 Å². The Morgan fingerprint density at radius 3 is 2.91 bits per heavy atom. The van der Waals surface area contributed by atoms with Crippen LogP contribution in [-0.2, 0) is 6.42 Å². The molecule has 2 aromatic rings. The molecule has 4 rings (SSSR count). The number of benzene rings is 1. The van der Waals surface area contributed by atoms with Gasteiger partial charge in [-0.15, -0.1) is 0 Å². The third kappa shape index (κ3) is 3.17. The van der Waals surface area contributed by atoms with Crippen LogP contribution in [0, 0.1) is 5.92 Å². The van der Waals surface area contributed by atoms with Crippen LogP contribution in [-0.4, -0.2) is 36.3 Å². The van der Waals surface area contributed by atoms with Crippen LogP contribution in [0.1, 0.15) is 24.0 Å². The molecule has 0 saturated carbocycles. The van der Waals surface area contributed by atoms with Gasteiger partial charge in [-0.2, -0.15) is 0 Å². The first-order valence-electron chi connectivity index (χ1n) is 8.29. The number of ether oxygens (including phenoxy) is 2. The number of hydrogen-bond acceptors (Lipinski definition) is 4. The maximum absolute atomic E-state index is 5.46. The van der Waals surface area contributed by atoms with Gasteiger partial charge in [0.2, 0.25) is 6.79 Å². The minimum atomic E-state index is 0.345. The number of nitrogens with zero attached hydrogens (tertiary/aromatic N) is 2. The van der Waals surface area contributed by atoms with Crippen molar-refractivity contribution in [1.29, 1.82) is 0 Å². The second-order valence-corrected chi connectivity index (χ2v) is 6.70. The average molecular weight is 310 g/mol. The molecule has 1 unspecified atom stereocenters. The molecule has 0 N–H and O–H groups in total. The highest BCUT2D eigenvalue weighted by Gasteiger charge is 2.28. The predicted octanol–water partition coefficient (Wildman–Crippen LogP) is 3.09. The smallest absolute Gasteiger partial charge is 0.231 e. The molecule has 1 aromatic carbocycles. The van der Waals surface area contributed by atoms with Gasteiger partial charge in [0.1, 0.15) is 0 Å². The molecule has 0 aliphatic carbocycles. The lowest BCUT2D eigenvalue weighted by Crippen LogP contribution is -2.47. The van der Waals surface area contributed by atoms with E-state index in [1.165, 1.54) is 11.1 Å². The van der Waals surface area contributed by atoms with Crippen LogP contribution in [0.4, 0.5) is 0 Å². The fourth-order valence-corrected chi connectivity index (χ4v) is 3.52. The second-order valence-electron chi connectivity index (χ2n) is 6.70. The van der Waals surface area contributed by atoms with Crippen LogP contribution in [0.2, 0.25) is 0 Å². The molecule has 2 aliphatic rings. The Hall–Kier alpha value is -2.07. The van der Waals surface area contributed by atoms with E-state index < -0.39 is 0 Å². The molecule has 0 radical (unpaired) electrons. The van der Waals surface area contributed by atoms with Crippen LogP contribution in [0.5, 0.6) is 11.5 Å². The lowest BCUT2D eigenvalue weighted by Gasteiger charge is -2.40. The molecular formula is C19H22N2O2. The fraction of sp³-hybridized carbons (Fsp3) is 0.421.